The van der Waals surface area contributed by atoms with E-state index in [1.54, 1.807) is 0 Å². The summed E-state index contributed by atoms with van der Waals surface area (Å²) in [6, 6.07) is 18.6. The van der Waals surface area contributed by atoms with Gasteiger partial charge in [0.25, 0.3) is 0 Å². The zero-order valence-electron chi connectivity index (χ0n) is 9.82. The predicted octanol–water partition coefficient (Wildman–Crippen LogP) is 2.60. The molecule has 0 spiro atoms. The molecule has 0 aliphatic heterocycles. The van der Waals surface area contributed by atoms with Crippen LogP contribution >= 0.6 is 0 Å². The average molecular weight is 278 g/mol. The molecule has 0 radical (unpaired) electrons. The molecule has 0 aliphatic rings. The zero-order valence-corrected chi connectivity index (χ0v) is 11.5. The minimum atomic E-state index is -1.07. The summed E-state index contributed by atoms with van der Waals surface area (Å²) in [6.45, 7) is 0. The van der Waals surface area contributed by atoms with Crippen molar-refractivity contribution in [3.63, 3.8) is 0 Å². The summed E-state index contributed by atoms with van der Waals surface area (Å²) in [7, 11) is -2.14. The summed E-state index contributed by atoms with van der Waals surface area (Å²) in [5, 5.41) is 0. The number of hydrogen-bond donors (Lipinski definition) is 0. The summed E-state index contributed by atoms with van der Waals surface area (Å²) in [6.07, 6.45) is 0. The van der Waals surface area contributed by atoms with Gasteiger partial charge in [0.05, 0.1) is 21.6 Å². The molecule has 2 rings (SSSR count). The lowest BCUT2D eigenvalue weighted by Crippen LogP contribution is -2.08. The Morgan fingerprint density at radius 2 is 0.944 bits per heavy atom. The molecule has 18 heavy (non-hydrogen) atoms. The first-order valence-corrected chi connectivity index (χ1v) is 8.28. The van der Waals surface area contributed by atoms with Crippen molar-refractivity contribution in [2.24, 2.45) is 0 Å². The highest BCUT2D eigenvalue weighted by Crippen LogP contribution is 2.09. The quantitative estimate of drug-likeness (QED) is 0.842. The highest BCUT2D eigenvalue weighted by atomic mass is 32.2. The molecule has 0 aromatic heterocycles. The normalized spacial score (nSPS) is 14.0. The van der Waals surface area contributed by atoms with Crippen LogP contribution in [0.15, 0.2) is 70.5 Å². The highest BCUT2D eigenvalue weighted by Gasteiger charge is 2.07. The van der Waals surface area contributed by atoms with E-state index in [0.29, 0.717) is 11.5 Å². The Morgan fingerprint density at radius 3 is 1.28 bits per heavy atom. The molecule has 0 amide bonds. The Hall–Kier alpha value is -1.26. The third-order valence-electron chi connectivity index (χ3n) is 2.47. The molecular weight excluding hydrogens is 264 g/mol. The Morgan fingerprint density at radius 1 is 0.611 bits per heavy atom. The second-order valence-corrected chi connectivity index (χ2v) is 6.87. The van der Waals surface area contributed by atoms with Gasteiger partial charge >= 0.3 is 0 Å². The lowest BCUT2D eigenvalue weighted by molar-refractivity contribution is 0.678. The van der Waals surface area contributed by atoms with Crippen molar-refractivity contribution in [3.8, 4) is 0 Å². The fourth-order valence-corrected chi connectivity index (χ4v) is 4.14. The second-order valence-electron chi connectivity index (χ2n) is 3.73. The van der Waals surface area contributed by atoms with Crippen LogP contribution in [0.3, 0.4) is 0 Å². The topological polar surface area (TPSA) is 34.1 Å². The Bertz CT molecular complexity index is 487. The van der Waals surface area contributed by atoms with E-state index in [0.717, 1.165) is 9.79 Å². The summed E-state index contributed by atoms with van der Waals surface area (Å²) in [4.78, 5) is 1.59. The highest BCUT2D eigenvalue weighted by molar-refractivity contribution is 7.88. The van der Waals surface area contributed by atoms with Gasteiger partial charge in [-0.25, -0.2) is 0 Å². The van der Waals surface area contributed by atoms with E-state index in [1.165, 1.54) is 0 Å². The average Bonchev–Trinajstić information content (AvgIpc) is 2.46. The van der Waals surface area contributed by atoms with Gasteiger partial charge in [-0.1, -0.05) is 36.4 Å². The van der Waals surface area contributed by atoms with Gasteiger partial charge in [0.1, 0.15) is 0 Å². The summed E-state index contributed by atoms with van der Waals surface area (Å²) in [5.41, 5.74) is 0. The van der Waals surface area contributed by atoms with Crippen LogP contribution in [-0.2, 0) is 21.6 Å². The molecule has 0 N–H and O–H groups in total. The Balaban J connectivity index is 1.93. The van der Waals surface area contributed by atoms with Gasteiger partial charge in [0, 0.05) is 21.3 Å². The molecule has 94 valence electrons. The van der Waals surface area contributed by atoms with Crippen LogP contribution in [0, 0.1) is 0 Å². The monoisotopic (exact) mass is 278 g/mol. The van der Waals surface area contributed by atoms with E-state index in [-0.39, 0.29) is 0 Å². The first kappa shape index (κ1) is 13.2. The Labute approximate surface area is 112 Å². The van der Waals surface area contributed by atoms with Gasteiger partial charge in [-0.2, -0.15) is 0 Å². The first-order valence-electron chi connectivity index (χ1n) is 5.64. The predicted molar refractivity (Wildman–Crippen MR) is 75.4 cm³/mol. The van der Waals surface area contributed by atoms with Crippen molar-refractivity contribution in [1.29, 1.82) is 0 Å². The van der Waals surface area contributed by atoms with Crippen LogP contribution in [0.4, 0.5) is 0 Å². The largest absolute Gasteiger partial charge is 0.254 e. The lowest BCUT2D eigenvalue weighted by atomic mass is 10.4. The molecule has 0 aliphatic carbocycles. The third kappa shape index (κ3) is 3.62. The molecular formula is C14H14O2S2. The fraction of sp³-hybridized carbons (Fsp3) is 0.143. The maximum atomic E-state index is 12.0. The maximum absolute atomic E-state index is 12.0. The van der Waals surface area contributed by atoms with Crippen molar-refractivity contribution in [3.05, 3.63) is 60.7 Å². The van der Waals surface area contributed by atoms with Gasteiger partial charge in [-0.05, 0) is 24.3 Å². The summed E-state index contributed by atoms with van der Waals surface area (Å²) >= 11 is 0. The summed E-state index contributed by atoms with van der Waals surface area (Å²) in [5.74, 6) is 0.844. The van der Waals surface area contributed by atoms with Crippen molar-refractivity contribution >= 4 is 21.6 Å². The van der Waals surface area contributed by atoms with Gasteiger partial charge in [0.15, 0.2) is 0 Å². The summed E-state index contributed by atoms with van der Waals surface area (Å²) < 4.78 is 23.9. The first-order chi connectivity index (χ1) is 8.77. The molecule has 0 heterocycles. The second kappa shape index (κ2) is 6.61. The van der Waals surface area contributed by atoms with Gasteiger partial charge in [0.2, 0.25) is 0 Å². The van der Waals surface area contributed by atoms with Crippen molar-refractivity contribution < 1.29 is 8.42 Å². The van der Waals surface area contributed by atoms with Crippen LogP contribution in [-0.4, -0.2) is 19.9 Å². The number of rotatable bonds is 5. The molecule has 0 saturated heterocycles. The van der Waals surface area contributed by atoms with E-state index >= 15 is 0 Å². The van der Waals surface area contributed by atoms with E-state index in [1.807, 2.05) is 60.7 Å². The molecule has 4 heteroatoms. The Kier molecular flexibility index (Phi) is 4.84. The zero-order chi connectivity index (χ0) is 12.8. The number of hydrogen-bond acceptors (Lipinski definition) is 2. The fourth-order valence-electron chi connectivity index (χ4n) is 1.53. The minimum Gasteiger partial charge on any atom is -0.254 e. The molecule has 0 fully saturated rings. The van der Waals surface area contributed by atoms with E-state index in [4.69, 9.17) is 0 Å². The molecule has 2 aromatic carbocycles. The standard InChI is InChI=1S/C14H14O2S2/c15-17(13-7-3-1-4-8-13)11-12-18(16)14-9-5-2-6-10-14/h1-10H,11-12H2/t17-,18+. The van der Waals surface area contributed by atoms with Crippen LogP contribution in [0.25, 0.3) is 0 Å². The molecule has 2 aromatic rings. The minimum absolute atomic E-state index is 0.422. The van der Waals surface area contributed by atoms with Gasteiger partial charge < -0.3 is 0 Å². The molecule has 0 unspecified atom stereocenters. The molecule has 2 nitrogen and oxygen atoms in total. The van der Waals surface area contributed by atoms with E-state index in [9.17, 15) is 8.42 Å². The molecule has 0 bridgehead atoms. The van der Waals surface area contributed by atoms with E-state index in [2.05, 4.69) is 0 Å². The van der Waals surface area contributed by atoms with Crippen LogP contribution < -0.4 is 0 Å². The van der Waals surface area contributed by atoms with Crippen LogP contribution in [0.1, 0.15) is 0 Å². The van der Waals surface area contributed by atoms with Gasteiger partial charge in [-0.3, -0.25) is 8.42 Å². The smallest absolute Gasteiger partial charge is 0.0538 e. The van der Waals surface area contributed by atoms with Gasteiger partial charge in [-0.15, -0.1) is 0 Å². The maximum Gasteiger partial charge on any atom is 0.0538 e. The molecule has 0 saturated carbocycles. The lowest BCUT2D eigenvalue weighted by Gasteiger charge is -2.03. The van der Waals surface area contributed by atoms with E-state index < -0.39 is 21.6 Å². The van der Waals surface area contributed by atoms with Crippen LogP contribution in [0.2, 0.25) is 0 Å². The van der Waals surface area contributed by atoms with Crippen LogP contribution in [0.5, 0.6) is 0 Å². The van der Waals surface area contributed by atoms with Crippen molar-refractivity contribution in [2.45, 2.75) is 9.79 Å². The third-order valence-corrected chi connectivity index (χ3v) is 5.47. The SMILES string of the molecule is O=[S@](CC[S@](=O)c1ccccc1)c1ccccc1. The molecule has 2 atom stereocenters. The van der Waals surface area contributed by atoms with Crippen molar-refractivity contribution in [1.82, 2.24) is 0 Å². The van der Waals surface area contributed by atoms with Crippen molar-refractivity contribution in [2.75, 3.05) is 11.5 Å². The number of benzene rings is 2.